The third kappa shape index (κ3) is 4.27. The number of carboxylic acid groups (broad SMARTS) is 1. The monoisotopic (exact) mass is 473 g/mol. The van der Waals surface area contributed by atoms with Gasteiger partial charge in [-0.05, 0) is 56.5 Å². The summed E-state index contributed by atoms with van der Waals surface area (Å²) in [6.45, 7) is 3.67. The maximum absolute atomic E-state index is 13.5. The number of amides is 1. The van der Waals surface area contributed by atoms with Crippen LogP contribution in [0.1, 0.15) is 47.1 Å². The van der Waals surface area contributed by atoms with Crippen LogP contribution in [0.4, 0.5) is 13.2 Å². The zero-order valence-electron chi connectivity index (χ0n) is 18.5. The Hall–Kier alpha value is -3.69. The third-order valence-corrected chi connectivity index (χ3v) is 5.98. The van der Waals surface area contributed by atoms with Crippen molar-refractivity contribution in [1.29, 1.82) is 0 Å². The molecule has 4 rings (SSSR count). The lowest BCUT2D eigenvalue weighted by atomic mass is 9.99. The highest BCUT2D eigenvalue weighted by Crippen LogP contribution is 2.37. The van der Waals surface area contributed by atoms with E-state index in [1.54, 1.807) is 18.2 Å². The Morgan fingerprint density at radius 2 is 1.88 bits per heavy atom. The predicted molar refractivity (Wildman–Crippen MR) is 116 cm³/mol. The number of hydrogen-bond donors (Lipinski definition) is 1. The average molecular weight is 473 g/mol. The van der Waals surface area contributed by atoms with Crippen LogP contribution in [0.15, 0.2) is 36.5 Å². The number of carbonyl (C=O) groups excluding carboxylic acids is 2. The molecule has 1 amide bonds. The molecule has 178 valence electrons. The number of aliphatic carboxylic acids is 1. The Kier molecular flexibility index (Phi) is 5.93. The van der Waals surface area contributed by atoms with Gasteiger partial charge < -0.3 is 10.0 Å². The maximum atomic E-state index is 13.5. The summed E-state index contributed by atoms with van der Waals surface area (Å²) in [6, 6.07) is 6.05. The van der Waals surface area contributed by atoms with Crippen molar-refractivity contribution in [2.45, 2.75) is 39.4 Å². The van der Waals surface area contributed by atoms with Crippen LogP contribution < -0.4 is 0 Å². The number of Topliss-reactive ketones (excluding diaryl/α,β-unsaturated/α-hetero) is 1. The largest absolute Gasteiger partial charge is 0.475 e. The first kappa shape index (κ1) is 23.5. The summed E-state index contributed by atoms with van der Waals surface area (Å²) in [7, 11) is 0. The number of rotatable bonds is 7. The van der Waals surface area contributed by atoms with Crippen LogP contribution in [0.3, 0.4) is 0 Å². The number of aromatic nitrogens is 2. The van der Waals surface area contributed by atoms with E-state index in [1.165, 1.54) is 29.3 Å². The van der Waals surface area contributed by atoms with Crippen LogP contribution >= 0.6 is 0 Å². The molecule has 10 heteroatoms. The van der Waals surface area contributed by atoms with E-state index in [1.807, 2.05) is 0 Å². The standard InChI is InChI=1S/C24H22F3N3O4/c1-3-29(22(32)14-4-5-14)12-15-10-16(24(25,26)27)6-7-17(15)20-11-18(21(31)23(33)34)19-8-9-28-13(2)30(19)20/h6-11,14H,3-5,12H2,1-2H3,(H,33,34). The van der Waals surface area contributed by atoms with Crippen molar-refractivity contribution in [1.82, 2.24) is 14.3 Å². The highest BCUT2D eigenvalue weighted by molar-refractivity contribution is 6.41. The SMILES string of the molecule is CCN(Cc1cc(C(F)(F)F)ccc1-c1cc(C(=O)C(=O)O)c2ccnc(C)n12)C(=O)C1CC1. The summed E-state index contributed by atoms with van der Waals surface area (Å²) in [4.78, 5) is 42.1. The molecule has 3 aromatic rings. The number of carboxylic acids is 1. The predicted octanol–water partition coefficient (Wildman–Crippen LogP) is 4.35. The van der Waals surface area contributed by atoms with Gasteiger partial charge in [0.25, 0.3) is 5.78 Å². The third-order valence-electron chi connectivity index (χ3n) is 5.98. The molecule has 1 aliphatic carbocycles. The molecule has 7 nitrogen and oxygen atoms in total. The van der Waals surface area contributed by atoms with Gasteiger partial charge in [0.1, 0.15) is 5.82 Å². The van der Waals surface area contributed by atoms with E-state index in [0.717, 1.165) is 25.0 Å². The number of aryl methyl sites for hydroxylation is 1. The Balaban J connectivity index is 1.93. The number of alkyl halides is 3. The quantitative estimate of drug-likeness (QED) is 0.407. The van der Waals surface area contributed by atoms with Crippen molar-refractivity contribution in [3.05, 3.63) is 59.0 Å². The summed E-state index contributed by atoms with van der Waals surface area (Å²) in [5.41, 5.74) is 0.234. The first-order valence-corrected chi connectivity index (χ1v) is 10.8. The molecule has 1 saturated carbocycles. The first-order valence-electron chi connectivity index (χ1n) is 10.8. The minimum absolute atomic E-state index is 0.0557. The molecule has 0 unspecified atom stereocenters. The van der Waals surface area contributed by atoms with Crippen molar-refractivity contribution in [2.75, 3.05) is 6.54 Å². The van der Waals surface area contributed by atoms with Gasteiger partial charge in [0.2, 0.25) is 5.91 Å². The molecule has 2 aromatic heterocycles. The second-order valence-corrected chi connectivity index (χ2v) is 8.29. The molecule has 0 aliphatic heterocycles. The molecule has 1 aromatic carbocycles. The lowest BCUT2D eigenvalue weighted by Gasteiger charge is -2.23. The number of benzene rings is 1. The molecule has 0 atom stereocenters. The number of ketones is 1. The van der Waals surface area contributed by atoms with Gasteiger partial charge in [-0.15, -0.1) is 0 Å². The summed E-state index contributed by atoms with van der Waals surface area (Å²) < 4.78 is 42.1. The van der Waals surface area contributed by atoms with E-state index < -0.39 is 23.5 Å². The van der Waals surface area contributed by atoms with E-state index in [9.17, 15) is 32.7 Å². The fourth-order valence-corrected chi connectivity index (χ4v) is 4.10. The van der Waals surface area contributed by atoms with E-state index >= 15 is 0 Å². The lowest BCUT2D eigenvalue weighted by Crippen LogP contribution is -2.31. The van der Waals surface area contributed by atoms with Crippen molar-refractivity contribution >= 4 is 23.2 Å². The van der Waals surface area contributed by atoms with Gasteiger partial charge in [-0.3, -0.25) is 14.0 Å². The number of hydrogen-bond acceptors (Lipinski definition) is 4. The van der Waals surface area contributed by atoms with Crippen LogP contribution in [0.5, 0.6) is 0 Å². The molecule has 0 radical (unpaired) electrons. The number of halogens is 3. The van der Waals surface area contributed by atoms with Gasteiger partial charge in [0.05, 0.1) is 22.3 Å². The molecule has 34 heavy (non-hydrogen) atoms. The van der Waals surface area contributed by atoms with E-state index in [0.29, 0.717) is 23.6 Å². The Labute approximate surface area is 192 Å². The van der Waals surface area contributed by atoms with Crippen LogP contribution in [0.25, 0.3) is 16.8 Å². The van der Waals surface area contributed by atoms with Gasteiger partial charge in [-0.1, -0.05) is 6.07 Å². The molecule has 1 N–H and O–H groups in total. The summed E-state index contributed by atoms with van der Waals surface area (Å²) in [5.74, 6) is -2.57. The smallest absolute Gasteiger partial charge is 0.416 e. The number of nitrogens with zero attached hydrogens (tertiary/aromatic N) is 3. The average Bonchev–Trinajstić information content (AvgIpc) is 3.56. The molecule has 0 spiro atoms. The minimum Gasteiger partial charge on any atom is -0.475 e. The topological polar surface area (TPSA) is 92.0 Å². The maximum Gasteiger partial charge on any atom is 0.416 e. The van der Waals surface area contributed by atoms with Gasteiger partial charge in [0.15, 0.2) is 0 Å². The summed E-state index contributed by atoms with van der Waals surface area (Å²) >= 11 is 0. The van der Waals surface area contributed by atoms with Crippen LogP contribution in [-0.2, 0) is 22.3 Å². The molecule has 2 heterocycles. The van der Waals surface area contributed by atoms with Crippen LogP contribution in [-0.4, -0.2) is 43.6 Å². The number of fused-ring (bicyclic) bond motifs is 1. The zero-order valence-corrected chi connectivity index (χ0v) is 18.5. The molecule has 0 bridgehead atoms. The van der Waals surface area contributed by atoms with E-state index in [2.05, 4.69) is 4.98 Å². The second kappa shape index (κ2) is 8.58. The van der Waals surface area contributed by atoms with Gasteiger partial charge >= 0.3 is 12.1 Å². The van der Waals surface area contributed by atoms with Crippen LogP contribution in [0, 0.1) is 12.8 Å². The first-order chi connectivity index (χ1) is 16.0. The molecule has 0 saturated heterocycles. The van der Waals surface area contributed by atoms with Gasteiger partial charge in [-0.25, -0.2) is 9.78 Å². The summed E-state index contributed by atoms with van der Waals surface area (Å²) in [6.07, 6.45) is -1.64. The highest BCUT2D eigenvalue weighted by Gasteiger charge is 2.35. The Morgan fingerprint density at radius 1 is 1.18 bits per heavy atom. The Morgan fingerprint density at radius 3 is 2.47 bits per heavy atom. The van der Waals surface area contributed by atoms with Crippen molar-refractivity contribution < 1.29 is 32.7 Å². The fourth-order valence-electron chi connectivity index (χ4n) is 4.10. The van der Waals surface area contributed by atoms with Gasteiger partial charge in [-0.2, -0.15) is 13.2 Å². The summed E-state index contributed by atoms with van der Waals surface area (Å²) in [5, 5.41) is 9.25. The second-order valence-electron chi connectivity index (χ2n) is 8.29. The van der Waals surface area contributed by atoms with Crippen molar-refractivity contribution in [3.8, 4) is 11.3 Å². The normalized spacial score (nSPS) is 13.8. The molecule has 1 aliphatic rings. The molecule has 1 fully saturated rings. The fraction of sp³-hybridized carbons (Fsp3) is 0.333. The number of carbonyl (C=O) groups is 3. The highest BCUT2D eigenvalue weighted by atomic mass is 19.4. The van der Waals surface area contributed by atoms with Crippen molar-refractivity contribution in [3.63, 3.8) is 0 Å². The lowest BCUT2D eigenvalue weighted by molar-refractivity contribution is -0.137. The Bertz CT molecular complexity index is 1310. The van der Waals surface area contributed by atoms with E-state index in [4.69, 9.17) is 0 Å². The van der Waals surface area contributed by atoms with Crippen molar-refractivity contribution in [2.24, 2.45) is 5.92 Å². The molecular weight excluding hydrogens is 451 g/mol. The van der Waals surface area contributed by atoms with Crippen LogP contribution in [0.2, 0.25) is 0 Å². The zero-order chi connectivity index (χ0) is 24.8. The molecular formula is C24H22F3N3O4. The minimum atomic E-state index is -4.59. The van der Waals surface area contributed by atoms with E-state index in [-0.39, 0.29) is 35.0 Å². The van der Waals surface area contributed by atoms with Gasteiger partial charge in [0, 0.05) is 30.8 Å².